The van der Waals surface area contributed by atoms with Crippen LogP contribution in [0.3, 0.4) is 0 Å². The summed E-state index contributed by atoms with van der Waals surface area (Å²) in [5, 5.41) is 3.89. The SMILES string of the molecule is CC#CCC(N)c1snnc1C. The predicted molar refractivity (Wildman–Crippen MR) is 49.6 cm³/mol. The van der Waals surface area contributed by atoms with Crippen molar-refractivity contribution in [1.82, 2.24) is 9.59 Å². The highest BCUT2D eigenvalue weighted by molar-refractivity contribution is 7.05. The van der Waals surface area contributed by atoms with E-state index in [2.05, 4.69) is 21.4 Å². The van der Waals surface area contributed by atoms with Crippen LogP contribution in [0.25, 0.3) is 0 Å². The maximum Gasteiger partial charge on any atom is 0.0773 e. The van der Waals surface area contributed by atoms with Crippen molar-refractivity contribution >= 4 is 11.5 Å². The van der Waals surface area contributed by atoms with Gasteiger partial charge in [0.15, 0.2) is 0 Å². The largest absolute Gasteiger partial charge is 0.322 e. The fourth-order valence-electron chi connectivity index (χ4n) is 0.882. The summed E-state index contributed by atoms with van der Waals surface area (Å²) in [5.41, 5.74) is 6.78. The zero-order valence-corrected chi connectivity index (χ0v) is 7.98. The van der Waals surface area contributed by atoms with E-state index in [0.29, 0.717) is 6.42 Å². The highest BCUT2D eigenvalue weighted by Crippen LogP contribution is 2.19. The Hall–Kier alpha value is -0.920. The van der Waals surface area contributed by atoms with E-state index in [9.17, 15) is 0 Å². The summed E-state index contributed by atoms with van der Waals surface area (Å²) in [4.78, 5) is 1.04. The smallest absolute Gasteiger partial charge is 0.0773 e. The molecule has 1 atom stereocenters. The fraction of sp³-hybridized carbons (Fsp3) is 0.500. The lowest BCUT2D eigenvalue weighted by Crippen LogP contribution is -2.08. The Morgan fingerprint density at radius 2 is 2.42 bits per heavy atom. The summed E-state index contributed by atoms with van der Waals surface area (Å²) in [6.45, 7) is 3.72. The molecule has 1 heterocycles. The van der Waals surface area contributed by atoms with E-state index in [1.54, 1.807) is 0 Å². The van der Waals surface area contributed by atoms with Gasteiger partial charge in [-0.3, -0.25) is 0 Å². The second-order valence-electron chi connectivity index (χ2n) is 2.46. The topological polar surface area (TPSA) is 51.8 Å². The van der Waals surface area contributed by atoms with Gasteiger partial charge in [0, 0.05) is 6.42 Å². The van der Waals surface area contributed by atoms with Crippen molar-refractivity contribution in [2.45, 2.75) is 26.3 Å². The third kappa shape index (κ3) is 2.03. The maximum atomic E-state index is 5.85. The van der Waals surface area contributed by atoms with Gasteiger partial charge in [0.25, 0.3) is 0 Å². The van der Waals surface area contributed by atoms with Crippen molar-refractivity contribution in [1.29, 1.82) is 0 Å². The molecule has 0 fully saturated rings. The molecule has 0 aromatic carbocycles. The highest BCUT2D eigenvalue weighted by atomic mass is 32.1. The van der Waals surface area contributed by atoms with E-state index in [4.69, 9.17) is 5.73 Å². The Balaban J connectivity index is 2.68. The molecule has 0 saturated heterocycles. The molecule has 1 aromatic heterocycles. The molecule has 64 valence electrons. The second kappa shape index (κ2) is 4.19. The quantitative estimate of drug-likeness (QED) is 0.699. The van der Waals surface area contributed by atoms with Crippen molar-refractivity contribution in [2.24, 2.45) is 5.73 Å². The number of aromatic nitrogens is 2. The second-order valence-corrected chi connectivity index (χ2v) is 3.25. The monoisotopic (exact) mass is 181 g/mol. The first-order valence-corrected chi connectivity index (χ1v) is 4.47. The van der Waals surface area contributed by atoms with Crippen molar-refractivity contribution in [3.8, 4) is 11.8 Å². The Morgan fingerprint density at radius 3 is 2.92 bits per heavy atom. The van der Waals surface area contributed by atoms with Gasteiger partial charge in [-0.1, -0.05) is 4.49 Å². The number of hydrogen-bond acceptors (Lipinski definition) is 4. The highest BCUT2D eigenvalue weighted by Gasteiger charge is 2.10. The van der Waals surface area contributed by atoms with Crippen LogP contribution in [0, 0.1) is 18.8 Å². The van der Waals surface area contributed by atoms with Crippen molar-refractivity contribution < 1.29 is 0 Å². The normalized spacial score (nSPS) is 11.9. The van der Waals surface area contributed by atoms with Gasteiger partial charge in [0.05, 0.1) is 16.6 Å². The first kappa shape index (κ1) is 9.17. The van der Waals surface area contributed by atoms with Gasteiger partial charge >= 0.3 is 0 Å². The van der Waals surface area contributed by atoms with Crippen molar-refractivity contribution in [3.63, 3.8) is 0 Å². The van der Waals surface area contributed by atoms with Crippen LogP contribution in [0.15, 0.2) is 0 Å². The van der Waals surface area contributed by atoms with Crippen LogP contribution >= 0.6 is 11.5 Å². The molecule has 1 unspecified atom stereocenters. The van der Waals surface area contributed by atoms with Crippen LogP contribution in [-0.2, 0) is 0 Å². The number of nitrogens with zero attached hydrogens (tertiary/aromatic N) is 2. The first-order chi connectivity index (χ1) is 5.75. The Labute approximate surface area is 76.1 Å². The van der Waals surface area contributed by atoms with E-state index in [1.165, 1.54) is 11.5 Å². The third-order valence-corrected chi connectivity index (χ3v) is 2.48. The molecule has 1 rings (SSSR count). The molecule has 0 bridgehead atoms. The number of hydrogen-bond donors (Lipinski definition) is 1. The standard InChI is InChI=1S/C8H11N3S/c1-3-4-5-7(9)8-6(2)10-11-12-8/h7H,5,9H2,1-2H3. The summed E-state index contributed by atoms with van der Waals surface area (Å²) in [6, 6.07) is -0.0301. The first-order valence-electron chi connectivity index (χ1n) is 3.69. The molecule has 0 aliphatic carbocycles. The summed E-state index contributed by atoms with van der Waals surface area (Å²) >= 11 is 1.35. The molecular weight excluding hydrogens is 170 g/mol. The average Bonchev–Trinajstić information content (AvgIpc) is 2.47. The summed E-state index contributed by atoms with van der Waals surface area (Å²) in [5.74, 6) is 5.75. The van der Waals surface area contributed by atoms with Crippen molar-refractivity contribution in [2.75, 3.05) is 0 Å². The zero-order valence-electron chi connectivity index (χ0n) is 7.16. The van der Waals surface area contributed by atoms with Crippen LogP contribution in [0.4, 0.5) is 0 Å². The lowest BCUT2D eigenvalue weighted by Gasteiger charge is -2.03. The lowest BCUT2D eigenvalue weighted by atomic mass is 10.1. The van der Waals surface area contributed by atoms with Gasteiger partial charge in [-0.25, -0.2) is 0 Å². The number of nitrogens with two attached hydrogens (primary N) is 1. The third-order valence-electron chi connectivity index (χ3n) is 1.52. The predicted octanol–water partition coefficient (Wildman–Crippen LogP) is 1.26. The Morgan fingerprint density at radius 1 is 1.67 bits per heavy atom. The molecule has 4 heteroatoms. The molecule has 0 saturated carbocycles. The van der Waals surface area contributed by atoms with Crippen molar-refractivity contribution in [3.05, 3.63) is 10.6 Å². The molecular formula is C8H11N3S. The van der Waals surface area contributed by atoms with Gasteiger partial charge in [-0.2, -0.15) is 0 Å². The molecule has 0 spiro atoms. The molecule has 0 aliphatic rings. The van der Waals surface area contributed by atoms with Crippen LogP contribution in [-0.4, -0.2) is 9.59 Å². The molecule has 1 aromatic rings. The lowest BCUT2D eigenvalue weighted by molar-refractivity contribution is 0.760. The minimum absolute atomic E-state index is 0.0301. The van der Waals surface area contributed by atoms with Gasteiger partial charge < -0.3 is 5.73 Å². The van der Waals surface area contributed by atoms with Crippen LogP contribution in [0.2, 0.25) is 0 Å². The fourth-order valence-corrected chi connectivity index (χ4v) is 1.52. The van der Waals surface area contributed by atoms with Crippen LogP contribution in [0.1, 0.15) is 30.0 Å². The van der Waals surface area contributed by atoms with E-state index < -0.39 is 0 Å². The Kier molecular flexibility index (Phi) is 3.20. The van der Waals surface area contributed by atoms with E-state index in [1.807, 2.05) is 13.8 Å². The minimum atomic E-state index is -0.0301. The molecule has 3 nitrogen and oxygen atoms in total. The van der Waals surface area contributed by atoms with Gasteiger partial charge in [0.1, 0.15) is 0 Å². The van der Waals surface area contributed by atoms with Gasteiger partial charge in [-0.15, -0.1) is 16.9 Å². The summed E-state index contributed by atoms with van der Waals surface area (Å²) in [7, 11) is 0. The van der Waals surface area contributed by atoms with Crippen LogP contribution < -0.4 is 5.73 Å². The summed E-state index contributed by atoms with van der Waals surface area (Å²) < 4.78 is 3.81. The van der Waals surface area contributed by atoms with E-state index in [-0.39, 0.29) is 6.04 Å². The zero-order chi connectivity index (χ0) is 8.97. The maximum absolute atomic E-state index is 5.85. The average molecular weight is 181 g/mol. The molecule has 12 heavy (non-hydrogen) atoms. The molecule has 0 aliphatic heterocycles. The van der Waals surface area contributed by atoms with Crippen LogP contribution in [0.5, 0.6) is 0 Å². The summed E-state index contributed by atoms with van der Waals surface area (Å²) in [6.07, 6.45) is 0.682. The van der Waals surface area contributed by atoms with E-state index in [0.717, 1.165) is 10.6 Å². The number of aryl methyl sites for hydroxylation is 1. The molecule has 0 radical (unpaired) electrons. The van der Waals surface area contributed by atoms with Gasteiger partial charge in [-0.05, 0) is 25.4 Å². The minimum Gasteiger partial charge on any atom is -0.322 e. The van der Waals surface area contributed by atoms with Gasteiger partial charge in [0.2, 0.25) is 0 Å². The molecule has 2 N–H and O–H groups in total. The number of rotatable bonds is 2. The molecule has 0 amide bonds. The Bertz CT molecular complexity index is 308. The van der Waals surface area contributed by atoms with E-state index >= 15 is 0 Å².